The summed E-state index contributed by atoms with van der Waals surface area (Å²) in [7, 11) is 2.12. The summed E-state index contributed by atoms with van der Waals surface area (Å²) in [5.41, 5.74) is 4.49. The number of benzene rings is 1. The molecule has 5 aromatic rings. The second-order valence-corrected chi connectivity index (χ2v) is 8.98. The van der Waals surface area contributed by atoms with Crippen LogP contribution in [0.5, 0.6) is 0 Å². The van der Waals surface area contributed by atoms with E-state index in [4.69, 9.17) is 4.98 Å². The number of carbonyl (C=O) groups excluding carboxylic acids is 1. The summed E-state index contributed by atoms with van der Waals surface area (Å²) in [6, 6.07) is 11.8. The third-order valence-electron chi connectivity index (χ3n) is 6.63. The largest absolute Gasteiger partial charge is 0.360 e. The van der Waals surface area contributed by atoms with Crippen molar-refractivity contribution in [3.05, 3.63) is 78.8 Å². The highest BCUT2D eigenvalue weighted by Crippen LogP contribution is 2.29. The van der Waals surface area contributed by atoms with Crippen LogP contribution in [0.15, 0.2) is 67.4 Å². The van der Waals surface area contributed by atoms with E-state index >= 15 is 0 Å². The van der Waals surface area contributed by atoms with Gasteiger partial charge in [-0.1, -0.05) is 12.1 Å². The van der Waals surface area contributed by atoms with Crippen molar-refractivity contribution in [2.45, 2.75) is 6.42 Å². The van der Waals surface area contributed by atoms with Crippen LogP contribution in [0.1, 0.15) is 16.2 Å². The number of hydrogen-bond acceptors (Lipinski definition) is 7. The predicted molar refractivity (Wildman–Crippen MR) is 137 cm³/mol. The number of rotatable bonds is 5. The summed E-state index contributed by atoms with van der Waals surface area (Å²) in [5.74, 6) is 1.34. The molecule has 174 valence electrons. The van der Waals surface area contributed by atoms with E-state index in [1.807, 2.05) is 42.9 Å². The van der Waals surface area contributed by atoms with Crippen molar-refractivity contribution in [2.75, 3.05) is 38.1 Å². The molecule has 1 saturated heterocycles. The van der Waals surface area contributed by atoms with Gasteiger partial charge < -0.3 is 14.8 Å². The van der Waals surface area contributed by atoms with E-state index in [2.05, 4.69) is 42.8 Å². The van der Waals surface area contributed by atoms with Gasteiger partial charge in [0.15, 0.2) is 5.78 Å². The molecule has 4 aromatic heterocycles. The number of aromatic amines is 1. The van der Waals surface area contributed by atoms with Crippen LogP contribution in [-0.2, 0) is 6.42 Å². The highest BCUT2D eigenvalue weighted by molar-refractivity contribution is 5.98. The van der Waals surface area contributed by atoms with E-state index < -0.39 is 0 Å². The van der Waals surface area contributed by atoms with Gasteiger partial charge in [0.1, 0.15) is 11.6 Å². The van der Waals surface area contributed by atoms with E-state index in [1.165, 1.54) is 0 Å². The Morgan fingerprint density at radius 2 is 1.89 bits per heavy atom. The maximum Gasteiger partial charge on any atom is 0.170 e. The second kappa shape index (κ2) is 8.88. The van der Waals surface area contributed by atoms with Crippen LogP contribution in [0.2, 0.25) is 0 Å². The van der Waals surface area contributed by atoms with E-state index in [0.717, 1.165) is 64.9 Å². The lowest BCUT2D eigenvalue weighted by Gasteiger charge is -2.33. The molecular formula is C27H25N7O. The summed E-state index contributed by atoms with van der Waals surface area (Å²) >= 11 is 0. The van der Waals surface area contributed by atoms with Crippen LogP contribution in [0.25, 0.3) is 32.9 Å². The molecule has 0 saturated carbocycles. The van der Waals surface area contributed by atoms with Gasteiger partial charge in [0.05, 0.1) is 23.7 Å². The predicted octanol–water partition coefficient (Wildman–Crippen LogP) is 3.75. The Labute approximate surface area is 202 Å². The molecule has 0 bridgehead atoms. The van der Waals surface area contributed by atoms with Gasteiger partial charge >= 0.3 is 0 Å². The van der Waals surface area contributed by atoms with Gasteiger partial charge in [-0.15, -0.1) is 0 Å². The highest BCUT2D eigenvalue weighted by Gasteiger charge is 2.17. The normalized spacial score (nSPS) is 14.6. The van der Waals surface area contributed by atoms with Crippen molar-refractivity contribution in [1.82, 2.24) is 29.8 Å². The van der Waals surface area contributed by atoms with Gasteiger partial charge in [-0.25, -0.2) is 15.0 Å². The molecule has 1 aromatic carbocycles. The lowest BCUT2D eigenvalue weighted by Crippen LogP contribution is -2.44. The third-order valence-corrected chi connectivity index (χ3v) is 6.63. The summed E-state index contributed by atoms with van der Waals surface area (Å²) in [6.45, 7) is 3.79. The summed E-state index contributed by atoms with van der Waals surface area (Å²) in [4.78, 5) is 38.9. The Kier molecular flexibility index (Phi) is 5.42. The van der Waals surface area contributed by atoms with E-state index in [1.54, 1.807) is 18.5 Å². The Hall–Kier alpha value is -4.17. The summed E-state index contributed by atoms with van der Waals surface area (Å²) in [6.07, 6.45) is 9.23. The maximum absolute atomic E-state index is 13.1. The van der Waals surface area contributed by atoms with Gasteiger partial charge in [0.25, 0.3) is 0 Å². The third kappa shape index (κ3) is 4.24. The average Bonchev–Trinajstić information content (AvgIpc) is 3.38. The first-order chi connectivity index (χ1) is 17.1. The fourth-order valence-corrected chi connectivity index (χ4v) is 4.57. The molecule has 5 heterocycles. The number of likely N-dealkylation sites (N-methyl/N-ethyl adjacent to an activating group) is 1. The van der Waals surface area contributed by atoms with Gasteiger partial charge in [-0.2, -0.15) is 0 Å². The van der Waals surface area contributed by atoms with E-state index in [-0.39, 0.29) is 12.2 Å². The quantitative estimate of drug-likeness (QED) is 0.397. The molecular weight excluding hydrogens is 438 g/mol. The van der Waals surface area contributed by atoms with Gasteiger partial charge in [0.2, 0.25) is 0 Å². The number of piperazine rings is 1. The number of Topliss-reactive ketones (excluding diaryl/α,β-unsaturated/α-hetero) is 1. The molecule has 1 N–H and O–H groups in total. The minimum absolute atomic E-state index is 0.0143. The molecule has 35 heavy (non-hydrogen) atoms. The minimum Gasteiger partial charge on any atom is -0.360 e. The van der Waals surface area contributed by atoms with Crippen molar-refractivity contribution in [3.63, 3.8) is 0 Å². The Bertz CT molecular complexity index is 1540. The number of anilines is 1. The Balaban J connectivity index is 1.26. The molecule has 1 fully saturated rings. The first-order valence-electron chi connectivity index (χ1n) is 11.7. The number of nitrogens with one attached hydrogen (secondary N) is 1. The van der Waals surface area contributed by atoms with Crippen molar-refractivity contribution < 1.29 is 4.79 Å². The van der Waals surface area contributed by atoms with Gasteiger partial charge in [-0.05, 0) is 36.9 Å². The molecule has 1 aliphatic heterocycles. The number of nitrogens with zero attached hydrogens (tertiary/aromatic N) is 6. The number of hydrogen-bond donors (Lipinski definition) is 1. The zero-order valence-electron chi connectivity index (χ0n) is 19.5. The molecule has 0 amide bonds. The van der Waals surface area contributed by atoms with Crippen LogP contribution in [0, 0.1) is 0 Å². The fourth-order valence-electron chi connectivity index (χ4n) is 4.57. The first-order valence-corrected chi connectivity index (χ1v) is 11.7. The van der Waals surface area contributed by atoms with Crippen LogP contribution in [0.3, 0.4) is 0 Å². The number of fused-ring (bicyclic) bond motifs is 2. The SMILES string of the molecule is CN1CCN(c2cc(C(=O)Cc3ncc4ccc(-c5cncc6[nH]ccc56)cc4n3)ccn2)CC1. The van der Waals surface area contributed by atoms with Gasteiger partial charge in [-0.3, -0.25) is 9.78 Å². The number of aromatic nitrogens is 5. The first kappa shape index (κ1) is 21.4. The number of pyridine rings is 2. The van der Waals surface area contributed by atoms with Crippen molar-refractivity contribution >= 4 is 33.4 Å². The molecule has 0 aliphatic carbocycles. The van der Waals surface area contributed by atoms with Gasteiger partial charge in [0, 0.05) is 72.9 Å². The molecule has 0 atom stereocenters. The lowest BCUT2D eigenvalue weighted by atomic mass is 10.0. The van der Waals surface area contributed by atoms with E-state index in [9.17, 15) is 4.79 Å². The lowest BCUT2D eigenvalue weighted by molar-refractivity contribution is 0.0991. The Morgan fingerprint density at radius 1 is 1.00 bits per heavy atom. The minimum atomic E-state index is -0.0143. The zero-order valence-corrected chi connectivity index (χ0v) is 19.5. The highest BCUT2D eigenvalue weighted by atomic mass is 16.1. The Morgan fingerprint density at radius 3 is 2.77 bits per heavy atom. The number of carbonyl (C=O) groups is 1. The number of ketones is 1. The summed E-state index contributed by atoms with van der Waals surface area (Å²) in [5, 5.41) is 2.04. The second-order valence-electron chi connectivity index (χ2n) is 8.98. The molecule has 8 heteroatoms. The molecule has 1 aliphatic rings. The fraction of sp³-hybridized carbons (Fsp3) is 0.222. The topological polar surface area (TPSA) is 90.9 Å². The zero-order chi connectivity index (χ0) is 23.8. The van der Waals surface area contributed by atoms with E-state index in [0.29, 0.717) is 11.4 Å². The molecule has 8 nitrogen and oxygen atoms in total. The average molecular weight is 464 g/mol. The molecule has 6 rings (SSSR count). The van der Waals surface area contributed by atoms with Crippen molar-refractivity contribution in [1.29, 1.82) is 0 Å². The van der Waals surface area contributed by atoms with Crippen LogP contribution >= 0.6 is 0 Å². The van der Waals surface area contributed by atoms with Crippen LogP contribution in [0.4, 0.5) is 5.82 Å². The summed E-state index contributed by atoms with van der Waals surface area (Å²) < 4.78 is 0. The standard InChI is InChI=1S/C27H25N7O/c1-33-8-10-34(11-9-33)27-13-19(4-6-30-27)25(35)14-26-31-15-20-3-2-18(12-23(20)32-26)22-16-28-17-24-21(22)5-7-29-24/h2-7,12-13,15-17,29H,8-11,14H2,1H3. The molecule has 0 unspecified atom stereocenters. The smallest absolute Gasteiger partial charge is 0.170 e. The van der Waals surface area contributed by atoms with Crippen LogP contribution < -0.4 is 4.90 Å². The monoisotopic (exact) mass is 463 g/mol. The maximum atomic E-state index is 13.1. The van der Waals surface area contributed by atoms with Crippen LogP contribution in [-0.4, -0.2) is 68.8 Å². The molecule has 0 spiro atoms. The van der Waals surface area contributed by atoms with Crippen molar-refractivity contribution in [2.24, 2.45) is 0 Å². The molecule has 0 radical (unpaired) electrons. The van der Waals surface area contributed by atoms with Crippen molar-refractivity contribution in [3.8, 4) is 11.1 Å². The number of H-pyrrole nitrogens is 1.